The quantitative estimate of drug-likeness (QED) is 0.599. The molecule has 0 saturated carbocycles. The molecule has 0 amide bonds. The smallest absolute Gasteiger partial charge is 0.119 e. The number of fused-ring (bicyclic) bond motifs is 1. The van der Waals surface area contributed by atoms with E-state index in [4.69, 9.17) is 4.74 Å². The lowest BCUT2D eigenvalue weighted by molar-refractivity contribution is 0.356. The number of aryl methyl sites for hydroxylation is 1. The lowest BCUT2D eigenvalue weighted by Gasteiger charge is -2.50. The van der Waals surface area contributed by atoms with Crippen LogP contribution in [0.4, 0.5) is 11.4 Å². The zero-order valence-corrected chi connectivity index (χ0v) is 17.7. The van der Waals surface area contributed by atoms with Crippen LogP contribution in [-0.2, 0) is 0 Å². The van der Waals surface area contributed by atoms with Gasteiger partial charge in [0.25, 0.3) is 0 Å². The lowest BCUT2D eigenvalue weighted by Crippen LogP contribution is -2.51. The second-order valence-corrected chi connectivity index (χ2v) is 8.61. The summed E-state index contributed by atoms with van der Waals surface area (Å²) in [4.78, 5) is 7.26. The number of nitrogens with zero attached hydrogens (tertiary/aromatic N) is 2. The molecule has 0 aromatic heterocycles. The molecule has 0 fully saturated rings. The van der Waals surface area contributed by atoms with Crippen molar-refractivity contribution in [2.45, 2.75) is 65.5 Å². The summed E-state index contributed by atoms with van der Waals surface area (Å²) in [5.74, 6) is 1.39. The highest BCUT2D eigenvalue weighted by molar-refractivity contribution is 5.86. The van der Waals surface area contributed by atoms with Crippen molar-refractivity contribution in [1.82, 2.24) is 0 Å². The Morgan fingerprint density at radius 2 is 1.85 bits per heavy atom. The Morgan fingerprint density at radius 1 is 1.19 bits per heavy atom. The molecule has 0 radical (unpaired) electrons. The Bertz CT molecular complexity index is 834. The highest BCUT2D eigenvalue weighted by Gasteiger charge is 2.37. The Hall–Kier alpha value is -2.29. The highest BCUT2D eigenvalue weighted by atomic mass is 16.5. The van der Waals surface area contributed by atoms with Crippen LogP contribution in [0.2, 0.25) is 0 Å². The van der Waals surface area contributed by atoms with E-state index in [-0.39, 0.29) is 5.54 Å². The van der Waals surface area contributed by atoms with E-state index < -0.39 is 0 Å². The first-order chi connectivity index (χ1) is 12.7. The van der Waals surface area contributed by atoms with Crippen LogP contribution in [-0.4, -0.2) is 24.9 Å². The van der Waals surface area contributed by atoms with Crippen LogP contribution in [0, 0.1) is 6.92 Å². The maximum absolute atomic E-state index is 5.21. The summed E-state index contributed by atoms with van der Waals surface area (Å²) in [6, 6.07) is 13.0. The molecule has 2 aromatic carbocycles. The van der Waals surface area contributed by atoms with Gasteiger partial charge in [-0.1, -0.05) is 6.92 Å². The SMILES string of the molecule is COc1ccc(N=Cc2cc3c(cc2C)N(C(C)C)C(C)(C)C[C@H]3C)cc1. The van der Waals surface area contributed by atoms with Gasteiger partial charge in [-0.3, -0.25) is 4.99 Å². The van der Waals surface area contributed by atoms with Gasteiger partial charge in [0, 0.05) is 23.5 Å². The van der Waals surface area contributed by atoms with Crippen molar-refractivity contribution in [3.8, 4) is 5.75 Å². The first-order valence-electron chi connectivity index (χ1n) is 9.85. The van der Waals surface area contributed by atoms with Crippen LogP contribution >= 0.6 is 0 Å². The fraction of sp³-hybridized carbons (Fsp3) is 0.458. The maximum atomic E-state index is 5.21. The van der Waals surface area contributed by atoms with Gasteiger partial charge in [-0.05, 0) is 100 Å². The molecule has 0 N–H and O–H groups in total. The molecule has 0 bridgehead atoms. The van der Waals surface area contributed by atoms with Gasteiger partial charge >= 0.3 is 0 Å². The third-order valence-corrected chi connectivity index (χ3v) is 5.61. The number of hydrogen-bond acceptors (Lipinski definition) is 3. The predicted octanol–water partition coefficient (Wildman–Crippen LogP) is 6.25. The Balaban J connectivity index is 1.98. The summed E-state index contributed by atoms with van der Waals surface area (Å²) in [5.41, 5.74) is 6.39. The van der Waals surface area contributed by atoms with Crippen LogP contribution in [0.15, 0.2) is 41.4 Å². The first kappa shape index (κ1) is 19.5. The molecular formula is C24H32N2O. The molecule has 0 spiro atoms. The third-order valence-electron chi connectivity index (χ3n) is 5.61. The minimum atomic E-state index is 0.172. The monoisotopic (exact) mass is 364 g/mol. The Morgan fingerprint density at radius 3 is 2.44 bits per heavy atom. The zero-order valence-electron chi connectivity index (χ0n) is 17.7. The van der Waals surface area contributed by atoms with Gasteiger partial charge < -0.3 is 9.64 Å². The van der Waals surface area contributed by atoms with Crippen molar-refractivity contribution in [3.05, 3.63) is 53.1 Å². The van der Waals surface area contributed by atoms with Gasteiger partial charge in [-0.25, -0.2) is 0 Å². The number of benzene rings is 2. The standard InChI is InChI=1S/C24H32N2O/c1-16(2)26-23-12-17(3)19(13-22(23)18(4)14-24(26,5)6)15-25-20-8-10-21(27-7)11-9-20/h8-13,15-16,18H,14H2,1-7H3/t18-/m1/s1. The van der Waals surface area contributed by atoms with E-state index in [0.29, 0.717) is 12.0 Å². The summed E-state index contributed by atoms with van der Waals surface area (Å²) in [6.07, 6.45) is 3.15. The van der Waals surface area contributed by atoms with Crippen LogP contribution < -0.4 is 9.64 Å². The summed E-state index contributed by atoms with van der Waals surface area (Å²) in [6.45, 7) is 13.8. The largest absolute Gasteiger partial charge is 0.497 e. The summed E-state index contributed by atoms with van der Waals surface area (Å²) >= 11 is 0. The number of hydrogen-bond donors (Lipinski definition) is 0. The molecule has 0 saturated heterocycles. The van der Waals surface area contributed by atoms with Gasteiger partial charge in [0.05, 0.1) is 12.8 Å². The lowest BCUT2D eigenvalue weighted by atomic mass is 9.78. The van der Waals surface area contributed by atoms with Gasteiger partial charge in [0.2, 0.25) is 0 Å². The van der Waals surface area contributed by atoms with Crippen LogP contribution in [0.5, 0.6) is 5.75 Å². The van der Waals surface area contributed by atoms with E-state index in [1.165, 1.54) is 22.4 Å². The average molecular weight is 365 g/mol. The molecule has 3 heteroatoms. The summed E-state index contributed by atoms with van der Waals surface area (Å²) < 4.78 is 5.21. The van der Waals surface area contributed by atoms with Crippen molar-refractivity contribution in [2.75, 3.05) is 12.0 Å². The van der Waals surface area contributed by atoms with Crippen molar-refractivity contribution in [2.24, 2.45) is 4.99 Å². The Labute approximate surface area is 164 Å². The third kappa shape index (κ3) is 3.87. The van der Waals surface area contributed by atoms with E-state index in [0.717, 1.165) is 17.9 Å². The van der Waals surface area contributed by atoms with E-state index in [2.05, 4.69) is 63.6 Å². The molecular weight excluding hydrogens is 332 g/mol. The molecule has 27 heavy (non-hydrogen) atoms. The van der Waals surface area contributed by atoms with Crippen LogP contribution in [0.1, 0.15) is 63.6 Å². The summed E-state index contributed by atoms with van der Waals surface area (Å²) in [7, 11) is 1.68. The second kappa shape index (κ2) is 7.38. The van der Waals surface area contributed by atoms with Gasteiger partial charge in [-0.15, -0.1) is 0 Å². The average Bonchev–Trinajstić information content (AvgIpc) is 2.59. The molecule has 3 nitrogen and oxygen atoms in total. The van der Waals surface area contributed by atoms with Crippen molar-refractivity contribution >= 4 is 17.6 Å². The zero-order chi connectivity index (χ0) is 19.8. The minimum Gasteiger partial charge on any atom is -0.497 e. The molecule has 1 aliphatic heterocycles. The number of methoxy groups -OCH3 is 1. The number of aliphatic imine (C=N–C) groups is 1. The van der Waals surface area contributed by atoms with Crippen molar-refractivity contribution in [1.29, 1.82) is 0 Å². The van der Waals surface area contributed by atoms with Crippen molar-refractivity contribution in [3.63, 3.8) is 0 Å². The van der Waals surface area contributed by atoms with E-state index in [1.54, 1.807) is 7.11 Å². The normalized spacial score (nSPS) is 18.8. The molecule has 1 heterocycles. The molecule has 1 atom stereocenters. The van der Waals surface area contributed by atoms with Gasteiger partial charge in [0.1, 0.15) is 5.75 Å². The fourth-order valence-electron chi connectivity index (χ4n) is 4.54. The number of ether oxygens (including phenoxy) is 1. The molecule has 0 aliphatic carbocycles. The first-order valence-corrected chi connectivity index (χ1v) is 9.85. The minimum absolute atomic E-state index is 0.172. The molecule has 0 unspecified atom stereocenters. The highest BCUT2D eigenvalue weighted by Crippen LogP contribution is 2.45. The number of rotatable bonds is 4. The molecule has 144 valence electrons. The van der Waals surface area contributed by atoms with E-state index in [1.807, 2.05) is 30.5 Å². The van der Waals surface area contributed by atoms with Crippen LogP contribution in [0.3, 0.4) is 0 Å². The predicted molar refractivity (Wildman–Crippen MR) is 116 cm³/mol. The fourth-order valence-corrected chi connectivity index (χ4v) is 4.54. The summed E-state index contributed by atoms with van der Waals surface area (Å²) in [5, 5.41) is 0. The Kier molecular flexibility index (Phi) is 5.32. The van der Waals surface area contributed by atoms with Crippen LogP contribution in [0.25, 0.3) is 0 Å². The molecule has 3 rings (SSSR count). The molecule has 2 aromatic rings. The van der Waals surface area contributed by atoms with Gasteiger partial charge in [-0.2, -0.15) is 0 Å². The van der Waals surface area contributed by atoms with Gasteiger partial charge in [0.15, 0.2) is 0 Å². The van der Waals surface area contributed by atoms with E-state index in [9.17, 15) is 0 Å². The van der Waals surface area contributed by atoms with Crippen molar-refractivity contribution < 1.29 is 4.74 Å². The molecule has 1 aliphatic rings. The maximum Gasteiger partial charge on any atom is 0.119 e. The number of anilines is 1. The second-order valence-electron chi connectivity index (χ2n) is 8.61. The topological polar surface area (TPSA) is 24.8 Å². The van der Waals surface area contributed by atoms with E-state index >= 15 is 0 Å².